The zero-order valence-corrected chi connectivity index (χ0v) is 7.73. The molecule has 0 aliphatic carbocycles. The molecule has 0 radical (unpaired) electrons. The summed E-state index contributed by atoms with van der Waals surface area (Å²) in [4.78, 5) is 0. The van der Waals surface area contributed by atoms with Gasteiger partial charge in [0.25, 0.3) is 0 Å². The van der Waals surface area contributed by atoms with Crippen molar-refractivity contribution in [3.8, 4) is 5.75 Å². The van der Waals surface area contributed by atoms with E-state index >= 15 is 0 Å². The predicted molar refractivity (Wildman–Crippen MR) is 49.8 cm³/mol. The largest absolute Gasteiger partial charge is 0.468 e. The molecule has 0 N–H and O–H groups in total. The molecular formula is C10H14O3. The second kappa shape index (κ2) is 6.46. The summed E-state index contributed by atoms with van der Waals surface area (Å²) in [7, 11) is 1.64. The third-order valence-corrected chi connectivity index (χ3v) is 1.48. The Morgan fingerprint density at radius 3 is 2.54 bits per heavy atom. The van der Waals surface area contributed by atoms with Crippen LogP contribution in [0.1, 0.15) is 0 Å². The summed E-state index contributed by atoms with van der Waals surface area (Å²) in [6.45, 7) is 1.43. The fraction of sp³-hybridized carbons (Fsp3) is 0.400. The van der Waals surface area contributed by atoms with Crippen molar-refractivity contribution in [2.24, 2.45) is 0 Å². The van der Waals surface area contributed by atoms with Crippen molar-refractivity contribution in [2.75, 3.05) is 27.1 Å². The van der Waals surface area contributed by atoms with Crippen LogP contribution in [0.3, 0.4) is 0 Å². The van der Waals surface area contributed by atoms with Crippen molar-refractivity contribution in [3.63, 3.8) is 0 Å². The van der Waals surface area contributed by atoms with Crippen LogP contribution in [0.2, 0.25) is 0 Å². The van der Waals surface area contributed by atoms with E-state index in [-0.39, 0.29) is 6.79 Å². The Hall–Kier alpha value is -1.06. The maximum absolute atomic E-state index is 5.27. The van der Waals surface area contributed by atoms with Gasteiger partial charge in [0.1, 0.15) is 5.75 Å². The SMILES string of the molecule is COCCOCOc1ccccc1. The van der Waals surface area contributed by atoms with Gasteiger partial charge in [-0.15, -0.1) is 0 Å². The maximum atomic E-state index is 5.27. The predicted octanol–water partition coefficient (Wildman–Crippen LogP) is 1.69. The van der Waals surface area contributed by atoms with E-state index in [0.717, 1.165) is 5.75 Å². The summed E-state index contributed by atoms with van der Waals surface area (Å²) in [5.74, 6) is 0.819. The van der Waals surface area contributed by atoms with Crippen LogP contribution in [0, 0.1) is 0 Å². The molecule has 0 aromatic heterocycles. The molecule has 0 saturated carbocycles. The van der Waals surface area contributed by atoms with Crippen molar-refractivity contribution in [3.05, 3.63) is 30.3 Å². The lowest BCUT2D eigenvalue weighted by Gasteiger charge is -2.05. The highest BCUT2D eigenvalue weighted by molar-refractivity contribution is 5.20. The number of methoxy groups -OCH3 is 1. The van der Waals surface area contributed by atoms with Crippen LogP contribution in [-0.2, 0) is 9.47 Å². The third kappa shape index (κ3) is 4.50. The van der Waals surface area contributed by atoms with Gasteiger partial charge in [0.05, 0.1) is 13.2 Å². The smallest absolute Gasteiger partial charge is 0.189 e. The van der Waals surface area contributed by atoms with Crippen LogP contribution >= 0.6 is 0 Å². The van der Waals surface area contributed by atoms with E-state index in [1.165, 1.54) is 0 Å². The lowest BCUT2D eigenvalue weighted by atomic mass is 10.3. The summed E-state index contributed by atoms with van der Waals surface area (Å²) in [6.07, 6.45) is 0. The molecule has 13 heavy (non-hydrogen) atoms. The number of rotatable bonds is 6. The number of benzene rings is 1. The number of hydrogen-bond donors (Lipinski definition) is 0. The molecule has 0 heterocycles. The Morgan fingerprint density at radius 2 is 1.85 bits per heavy atom. The zero-order valence-electron chi connectivity index (χ0n) is 7.73. The Morgan fingerprint density at radius 1 is 1.08 bits per heavy atom. The molecule has 0 atom stereocenters. The summed E-state index contributed by atoms with van der Waals surface area (Å²) >= 11 is 0. The number of para-hydroxylation sites is 1. The summed E-state index contributed by atoms with van der Waals surface area (Å²) in [5.41, 5.74) is 0. The standard InChI is InChI=1S/C10H14O3/c1-11-7-8-12-9-13-10-5-3-2-4-6-10/h2-6H,7-9H2,1H3. The van der Waals surface area contributed by atoms with E-state index in [2.05, 4.69) is 0 Å². The van der Waals surface area contributed by atoms with Gasteiger partial charge >= 0.3 is 0 Å². The van der Waals surface area contributed by atoms with Crippen molar-refractivity contribution in [2.45, 2.75) is 0 Å². The van der Waals surface area contributed by atoms with E-state index < -0.39 is 0 Å². The molecule has 0 fully saturated rings. The van der Waals surface area contributed by atoms with Gasteiger partial charge in [-0.05, 0) is 12.1 Å². The Labute approximate surface area is 78.2 Å². The minimum Gasteiger partial charge on any atom is -0.468 e. The molecular weight excluding hydrogens is 168 g/mol. The van der Waals surface area contributed by atoms with E-state index in [1.54, 1.807) is 7.11 Å². The van der Waals surface area contributed by atoms with E-state index in [9.17, 15) is 0 Å². The maximum Gasteiger partial charge on any atom is 0.189 e. The van der Waals surface area contributed by atoms with Crippen LogP contribution in [-0.4, -0.2) is 27.1 Å². The van der Waals surface area contributed by atoms with Gasteiger partial charge in [-0.3, -0.25) is 0 Å². The molecule has 0 bridgehead atoms. The highest BCUT2D eigenvalue weighted by Gasteiger charge is 1.90. The lowest BCUT2D eigenvalue weighted by molar-refractivity contribution is -0.00846. The summed E-state index contributed by atoms with van der Waals surface area (Å²) < 4.78 is 15.2. The molecule has 1 rings (SSSR count). The normalized spacial score (nSPS) is 9.92. The van der Waals surface area contributed by atoms with Crippen LogP contribution < -0.4 is 4.74 Å². The van der Waals surface area contributed by atoms with Crippen LogP contribution in [0.15, 0.2) is 30.3 Å². The zero-order chi connectivity index (χ0) is 9.36. The first-order valence-corrected chi connectivity index (χ1v) is 4.18. The fourth-order valence-corrected chi connectivity index (χ4v) is 0.828. The first-order valence-electron chi connectivity index (χ1n) is 4.18. The van der Waals surface area contributed by atoms with Gasteiger partial charge in [0.2, 0.25) is 0 Å². The Bertz CT molecular complexity index is 211. The van der Waals surface area contributed by atoms with E-state index in [0.29, 0.717) is 13.2 Å². The molecule has 0 unspecified atom stereocenters. The average molecular weight is 182 g/mol. The Kier molecular flexibility index (Phi) is 4.98. The topological polar surface area (TPSA) is 27.7 Å². The molecule has 1 aromatic carbocycles. The minimum absolute atomic E-state index is 0.271. The quantitative estimate of drug-likeness (QED) is 0.495. The van der Waals surface area contributed by atoms with Crippen molar-refractivity contribution in [1.82, 2.24) is 0 Å². The molecule has 0 aliphatic rings. The highest BCUT2D eigenvalue weighted by Crippen LogP contribution is 2.07. The van der Waals surface area contributed by atoms with Gasteiger partial charge in [-0.25, -0.2) is 0 Å². The molecule has 0 spiro atoms. The molecule has 3 heteroatoms. The molecule has 0 aliphatic heterocycles. The van der Waals surface area contributed by atoms with E-state index in [1.807, 2.05) is 30.3 Å². The minimum atomic E-state index is 0.271. The van der Waals surface area contributed by atoms with Crippen molar-refractivity contribution in [1.29, 1.82) is 0 Å². The molecule has 1 aromatic rings. The first kappa shape index (κ1) is 10.0. The van der Waals surface area contributed by atoms with Gasteiger partial charge in [-0.1, -0.05) is 18.2 Å². The second-order valence-electron chi connectivity index (χ2n) is 2.48. The lowest BCUT2D eigenvalue weighted by Crippen LogP contribution is -2.07. The number of ether oxygens (including phenoxy) is 3. The van der Waals surface area contributed by atoms with Gasteiger partial charge < -0.3 is 14.2 Å². The third-order valence-electron chi connectivity index (χ3n) is 1.48. The van der Waals surface area contributed by atoms with Gasteiger partial charge in [0.15, 0.2) is 6.79 Å². The second-order valence-corrected chi connectivity index (χ2v) is 2.48. The van der Waals surface area contributed by atoms with E-state index in [4.69, 9.17) is 14.2 Å². The molecule has 72 valence electrons. The average Bonchev–Trinajstić information content (AvgIpc) is 2.19. The summed E-state index contributed by atoms with van der Waals surface area (Å²) in [6, 6.07) is 9.56. The van der Waals surface area contributed by atoms with Crippen LogP contribution in [0.5, 0.6) is 5.75 Å². The molecule has 3 nitrogen and oxygen atoms in total. The Balaban J connectivity index is 2.07. The number of hydrogen-bond acceptors (Lipinski definition) is 3. The first-order chi connectivity index (χ1) is 6.43. The van der Waals surface area contributed by atoms with Crippen LogP contribution in [0.25, 0.3) is 0 Å². The van der Waals surface area contributed by atoms with Gasteiger partial charge in [0, 0.05) is 7.11 Å². The van der Waals surface area contributed by atoms with Crippen molar-refractivity contribution < 1.29 is 14.2 Å². The molecule has 0 saturated heterocycles. The summed E-state index contributed by atoms with van der Waals surface area (Å²) in [5, 5.41) is 0. The van der Waals surface area contributed by atoms with Crippen molar-refractivity contribution >= 4 is 0 Å². The van der Waals surface area contributed by atoms with Gasteiger partial charge in [-0.2, -0.15) is 0 Å². The fourth-order valence-electron chi connectivity index (χ4n) is 0.828. The highest BCUT2D eigenvalue weighted by atomic mass is 16.7. The molecule has 0 amide bonds. The van der Waals surface area contributed by atoms with Crippen LogP contribution in [0.4, 0.5) is 0 Å². The monoisotopic (exact) mass is 182 g/mol.